The zero-order valence-corrected chi connectivity index (χ0v) is 16.9. The summed E-state index contributed by atoms with van der Waals surface area (Å²) in [5.41, 5.74) is 1.31. The number of carbonyl (C=O) groups is 2. The Bertz CT molecular complexity index is 915. The molecule has 3 rings (SSSR count). The van der Waals surface area contributed by atoms with Crippen LogP contribution >= 0.6 is 0 Å². The fraction of sp³-hybridized carbons (Fsp3) is 0.381. The molecular formula is C21H24FN3O5. The number of hydrogen-bond acceptors (Lipinski definition) is 5. The number of halogens is 1. The van der Waals surface area contributed by atoms with Crippen molar-refractivity contribution in [2.24, 2.45) is 0 Å². The first-order valence-electron chi connectivity index (χ1n) is 9.57. The normalized spacial score (nSPS) is 14.4. The van der Waals surface area contributed by atoms with Gasteiger partial charge in [0, 0.05) is 48.9 Å². The Hall–Kier alpha value is -3.20. The van der Waals surface area contributed by atoms with E-state index >= 15 is 0 Å². The summed E-state index contributed by atoms with van der Waals surface area (Å²) in [6, 6.07) is 9.56. The fourth-order valence-electron chi connectivity index (χ4n) is 3.32. The molecule has 0 aliphatic carbocycles. The second-order valence-corrected chi connectivity index (χ2v) is 7.02. The topological polar surface area (TPSA) is 92.2 Å². The number of benzene rings is 1. The lowest BCUT2D eigenvalue weighted by molar-refractivity contribution is -0.0757. The molecular weight excluding hydrogens is 393 g/mol. The van der Waals surface area contributed by atoms with Gasteiger partial charge in [0.05, 0.1) is 7.11 Å². The zero-order chi connectivity index (χ0) is 21.7. The summed E-state index contributed by atoms with van der Waals surface area (Å²) in [4.78, 5) is 33.8. The van der Waals surface area contributed by atoms with Crippen molar-refractivity contribution in [3.63, 3.8) is 0 Å². The lowest BCUT2D eigenvalue weighted by Crippen LogP contribution is -2.36. The highest BCUT2D eigenvalue weighted by Gasteiger charge is 2.24. The van der Waals surface area contributed by atoms with Gasteiger partial charge < -0.3 is 14.7 Å². The fourth-order valence-corrected chi connectivity index (χ4v) is 3.32. The van der Waals surface area contributed by atoms with Crippen molar-refractivity contribution >= 4 is 12.0 Å². The van der Waals surface area contributed by atoms with E-state index in [0.29, 0.717) is 37.4 Å². The van der Waals surface area contributed by atoms with Gasteiger partial charge in [-0.05, 0) is 31.0 Å². The van der Waals surface area contributed by atoms with Crippen LogP contribution in [0.1, 0.15) is 40.4 Å². The first-order valence-corrected chi connectivity index (χ1v) is 9.57. The summed E-state index contributed by atoms with van der Waals surface area (Å²) < 4.78 is 20.0. The Balaban J connectivity index is 1.62. The minimum Gasteiger partial charge on any atom is -0.473 e. The Morgan fingerprint density at radius 1 is 1.27 bits per heavy atom. The lowest BCUT2D eigenvalue weighted by Gasteiger charge is -2.29. The van der Waals surface area contributed by atoms with Crippen LogP contribution in [0.5, 0.6) is 5.88 Å². The SMILES string of the molecule is CON(C)C(=O)c1ccc(COc2cccc(C3CCN(C(=O)O)CC3)n2)c(F)c1. The molecule has 9 heteroatoms. The minimum atomic E-state index is -0.901. The van der Waals surface area contributed by atoms with E-state index in [9.17, 15) is 14.0 Å². The van der Waals surface area contributed by atoms with Crippen LogP contribution in [0.15, 0.2) is 36.4 Å². The molecule has 8 nitrogen and oxygen atoms in total. The number of hydrogen-bond donors (Lipinski definition) is 1. The van der Waals surface area contributed by atoms with Gasteiger partial charge in [-0.25, -0.2) is 19.2 Å². The number of rotatable bonds is 6. The maximum atomic E-state index is 14.4. The number of likely N-dealkylation sites (tertiary alicyclic amines) is 1. The van der Waals surface area contributed by atoms with Gasteiger partial charge in [-0.15, -0.1) is 0 Å². The number of aromatic nitrogens is 1. The van der Waals surface area contributed by atoms with Crippen molar-refractivity contribution in [1.82, 2.24) is 14.9 Å². The quantitative estimate of drug-likeness (QED) is 0.725. The maximum absolute atomic E-state index is 14.4. The minimum absolute atomic E-state index is 0.0334. The largest absolute Gasteiger partial charge is 0.473 e. The average Bonchev–Trinajstić information content (AvgIpc) is 2.77. The standard InChI is InChI=1S/C21H24FN3O5/c1-24(29-2)20(26)15-6-7-16(17(22)12-15)13-30-19-5-3-4-18(23-19)14-8-10-25(11-9-14)21(27)28/h3-7,12,14H,8-11,13H2,1-2H3,(H,27,28). The highest BCUT2D eigenvalue weighted by Crippen LogP contribution is 2.28. The average molecular weight is 417 g/mol. The molecule has 0 spiro atoms. The second-order valence-electron chi connectivity index (χ2n) is 7.02. The Labute approximate surface area is 173 Å². The summed E-state index contributed by atoms with van der Waals surface area (Å²) in [7, 11) is 2.80. The molecule has 1 aliphatic rings. The predicted octanol–water partition coefficient (Wildman–Crippen LogP) is 3.29. The van der Waals surface area contributed by atoms with Crippen LogP contribution in [0.2, 0.25) is 0 Å². The van der Waals surface area contributed by atoms with Gasteiger partial charge >= 0.3 is 6.09 Å². The number of piperidine rings is 1. The highest BCUT2D eigenvalue weighted by molar-refractivity contribution is 5.93. The molecule has 160 valence electrons. The van der Waals surface area contributed by atoms with E-state index in [1.165, 1.54) is 31.2 Å². The van der Waals surface area contributed by atoms with Crippen LogP contribution < -0.4 is 4.74 Å². The number of carbonyl (C=O) groups excluding carboxylic acids is 1. The molecule has 1 saturated heterocycles. The second kappa shape index (κ2) is 9.53. The molecule has 30 heavy (non-hydrogen) atoms. The molecule has 0 bridgehead atoms. The maximum Gasteiger partial charge on any atom is 0.407 e. The number of hydroxylamine groups is 2. The molecule has 1 aromatic carbocycles. The van der Waals surface area contributed by atoms with E-state index in [2.05, 4.69) is 4.98 Å². The molecule has 1 N–H and O–H groups in total. The first-order chi connectivity index (χ1) is 14.4. The van der Waals surface area contributed by atoms with Crippen molar-refractivity contribution in [2.45, 2.75) is 25.4 Å². The van der Waals surface area contributed by atoms with E-state index in [0.717, 1.165) is 16.8 Å². The van der Waals surface area contributed by atoms with E-state index in [4.69, 9.17) is 14.7 Å². The highest BCUT2D eigenvalue weighted by atomic mass is 19.1. The van der Waals surface area contributed by atoms with Gasteiger partial charge in [0.2, 0.25) is 5.88 Å². The summed E-state index contributed by atoms with van der Waals surface area (Å²) in [5.74, 6) is -0.481. The molecule has 1 fully saturated rings. The van der Waals surface area contributed by atoms with Crippen LogP contribution in [0.25, 0.3) is 0 Å². The summed E-state index contributed by atoms with van der Waals surface area (Å²) in [6.07, 6.45) is 0.494. The Morgan fingerprint density at radius 3 is 2.63 bits per heavy atom. The number of carboxylic acid groups (broad SMARTS) is 1. The third kappa shape index (κ3) is 5.04. The third-order valence-electron chi connectivity index (χ3n) is 5.16. The van der Waals surface area contributed by atoms with Crippen LogP contribution in [-0.2, 0) is 11.4 Å². The van der Waals surface area contributed by atoms with Crippen molar-refractivity contribution in [3.05, 3.63) is 59.0 Å². The van der Waals surface area contributed by atoms with Gasteiger partial charge in [0.15, 0.2) is 0 Å². The van der Waals surface area contributed by atoms with Gasteiger partial charge in [-0.1, -0.05) is 12.1 Å². The molecule has 2 heterocycles. The Morgan fingerprint density at radius 2 is 2.00 bits per heavy atom. The van der Waals surface area contributed by atoms with Crippen LogP contribution in [0.3, 0.4) is 0 Å². The van der Waals surface area contributed by atoms with Gasteiger partial charge in [0.1, 0.15) is 12.4 Å². The van der Waals surface area contributed by atoms with Gasteiger partial charge in [0.25, 0.3) is 5.91 Å². The van der Waals surface area contributed by atoms with Crippen LogP contribution in [-0.4, -0.2) is 59.3 Å². The molecule has 2 amide bonds. The van der Waals surface area contributed by atoms with E-state index in [1.54, 1.807) is 6.07 Å². The van der Waals surface area contributed by atoms with Gasteiger partial charge in [-0.3, -0.25) is 9.63 Å². The van der Waals surface area contributed by atoms with E-state index < -0.39 is 17.8 Å². The van der Waals surface area contributed by atoms with Crippen molar-refractivity contribution in [1.29, 1.82) is 0 Å². The summed E-state index contributed by atoms with van der Waals surface area (Å²) >= 11 is 0. The van der Waals surface area contributed by atoms with Gasteiger partial charge in [-0.2, -0.15) is 0 Å². The van der Waals surface area contributed by atoms with Crippen LogP contribution in [0, 0.1) is 5.82 Å². The van der Waals surface area contributed by atoms with Crippen LogP contribution in [0.4, 0.5) is 9.18 Å². The third-order valence-corrected chi connectivity index (χ3v) is 5.16. The summed E-state index contributed by atoms with van der Waals surface area (Å²) in [6.45, 7) is 0.914. The summed E-state index contributed by atoms with van der Waals surface area (Å²) in [5, 5.41) is 10.1. The van der Waals surface area contributed by atoms with Crippen molar-refractivity contribution in [3.8, 4) is 5.88 Å². The number of pyridine rings is 1. The predicted molar refractivity (Wildman–Crippen MR) is 106 cm³/mol. The monoisotopic (exact) mass is 417 g/mol. The molecule has 0 atom stereocenters. The van der Waals surface area contributed by atoms with Crippen molar-refractivity contribution in [2.75, 3.05) is 27.2 Å². The van der Waals surface area contributed by atoms with E-state index in [1.807, 2.05) is 12.1 Å². The molecule has 0 saturated carbocycles. The first kappa shape index (κ1) is 21.5. The number of amides is 2. The zero-order valence-electron chi connectivity index (χ0n) is 16.9. The lowest BCUT2D eigenvalue weighted by atomic mass is 9.93. The number of ether oxygens (including phenoxy) is 1. The molecule has 0 radical (unpaired) electrons. The molecule has 2 aromatic rings. The van der Waals surface area contributed by atoms with E-state index in [-0.39, 0.29) is 18.1 Å². The molecule has 1 aromatic heterocycles. The van der Waals surface area contributed by atoms with Crippen molar-refractivity contribution < 1.29 is 28.7 Å². The smallest absolute Gasteiger partial charge is 0.407 e. The Kier molecular flexibility index (Phi) is 6.83. The molecule has 1 aliphatic heterocycles. The number of nitrogens with zero attached hydrogens (tertiary/aromatic N) is 3. The molecule has 0 unspecified atom stereocenters.